The van der Waals surface area contributed by atoms with Crippen molar-refractivity contribution in [3.8, 4) is 0 Å². The molecule has 0 aromatic heterocycles. The Kier molecular flexibility index (Phi) is 6.04. The summed E-state index contributed by atoms with van der Waals surface area (Å²) in [4.78, 5) is 33.4. The van der Waals surface area contributed by atoms with E-state index in [1.54, 1.807) is 12.1 Å². The third-order valence-corrected chi connectivity index (χ3v) is 4.52. The summed E-state index contributed by atoms with van der Waals surface area (Å²) in [6, 6.07) is 9.88. The van der Waals surface area contributed by atoms with Gasteiger partial charge in [0.25, 0.3) is 11.4 Å². The first kappa shape index (κ1) is 19.5. The topological polar surface area (TPSA) is 115 Å². The van der Waals surface area contributed by atoms with Crippen molar-refractivity contribution in [2.45, 2.75) is 19.8 Å². The molecule has 0 bridgehead atoms. The van der Waals surface area contributed by atoms with Gasteiger partial charge in [-0.3, -0.25) is 25.0 Å². The first-order valence-electron chi connectivity index (χ1n) is 7.70. The molecular formula is C17H16BrN3O5. The number of hydrogen-bond donors (Lipinski definition) is 1. The van der Waals surface area contributed by atoms with Crippen LogP contribution in [0.25, 0.3) is 0 Å². The first-order valence-corrected chi connectivity index (χ1v) is 8.49. The van der Waals surface area contributed by atoms with Crippen LogP contribution in [0.2, 0.25) is 0 Å². The summed E-state index contributed by atoms with van der Waals surface area (Å²) in [5.41, 5.74) is 0.722. The van der Waals surface area contributed by atoms with Crippen LogP contribution in [-0.4, -0.2) is 15.8 Å². The lowest BCUT2D eigenvalue weighted by molar-refractivity contribution is -0.385. The van der Waals surface area contributed by atoms with Crippen molar-refractivity contribution in [1.29, 1.82) is 0 Å². The van der Waals surface area contributed by atoms with E-state index in [4.69, 9.17) is 0 Å². The van der Waals surface area contributed by atoms with E-state index in [0.717, 1.165) is 0 Å². The van der Waals surface area contributed by atoms with E-state index in [2.05, 4.69) is 21.2 Å². The molecule has 0 aliphatic carbocycles. The summed E-state index contributed by atoms with van der Waals surface area (Å²) in [6.45, 7) is 3.71. The van der Waals surface area contributed by atoms with Gasteiger partial charge in [0.2, 0.25) is 5.91 Å². The fourth-order valence-corrected chi connectivity index (χ4v) is 2.92. The smallest absolute Gasteiger partial charge is 0.271 e. The predicted octanol–water partition coefficient (Wildman–Crippen LogP) is 4.64. The lowest BCUT2D eigenvalue weighted by Gasteiger charge is -2.21. The molecule has 0 heterocycles. The normalized spacial score (nSPS) is 11.8. The fourth-order valence-electron chi connectivity index (χ4n) is 2.58. The lowest BCUT2D eigenvalue weighted by atomic mass is 9.87. The van der Waals surface area contributed by atoms with Crippen LogP contribution < -0.4 is 5.32 Å². The molecule has 0 saturated carbocycles. The number of non-ortho nitro benzene ring substituents is 2. The molecule has 1 atom stereocenters. The largest absolute Gasteiger partial charge is 0.324 e. The molecule has 0 fully saturated rings. The van der Waals surface area contributed by atoms with Gasteiger partial charge in [-0.25, -0.2) is 0 Å². The van der Waals surface area contributed by atoms with Gasteiger partial charge in [-0.1, -0.05) is 26.0 Å². The summed E-state index contributed by atoms with van der Waals surface area (Å²) in [7, 11) is 0. The monoisotopic (exact) mass is 421 g/mol. The highest BCUT2D eigenvalue weighted by Crippen LogP contribution is 2.31. The summed E-state index contributed by atoms with van der Waals surface area (Å²) < 4.78 is 0.516. The molecule has 0 spiro atoms. The molecule has 0 aliphatic heterocycles. The summed E-state index contributed by atoms with van der Waals surface area (Å²) in [5, 5.41) is 24.4. The van der Waals surface area contributed by atoms with E-state index in [1.807, 2.05) is 13.8 Å². The number of nitro groups is 2. The highest BCUT2D eigenvalue weighted by Gasteiger charge is 2.26. The van der Waals surface area contributed by atoms with E-state index in [-0.39, 0.29) is 28.9 Å². The Morgan fingerprint density at radius 3 is 2.04 bits per heavy atom. The van der Waals surface area contributed by atoms with Gasteiger partial charge in [-0.2, -0.15) is 0 Å². The zero-order valence-electron chi connectivity index (χ0n) is 14.0. The van der Waals surface area contributed by atoms with Gasteiger partial charge in [-0.05, 0) is 33.5 Å². The minimum absolute atomic E-state index is 0.0573. The number of benzene rings is 2. The minimum Gasteiger partial charge on any atom is -0.324 e. The van der Waals surface area contributed by atoms with E-state index in [0.29, 0.717) is 10.0 Å². The van der Waals surface area contributed by atoms with E-state index in [1.165, 1.54) is 30.3 Å². The van der Waals surface area contributed by atoms with Gasteiger partial charge in [0.05, 0.1) is 21.5 Å². The van der Waals surface area contributed by atoms with Crippen molar-refractivity contribution in [2.24, 2.45) is 5.92 Å². The van der Waals surface area contributed by atoms with Crippen molar-refractivity contribution in [3.05, 3.63) is 72.7 Å². The predicted molar refractivity (Wildman–Crippen MR) is 100 cm³/mol. The summed E-state index contributed by atoms with van der Waals surface area (Å²) >= 11 is 3.26. The SMILES string of the molecule is CC(C)C(C(=O)Nc1cc([N+](=O)[O-])ccc1Br)c1ccc([N+](=O)[O-])cc1. The number of nitrogens with one attached hydrogen (secondary N) is 1. The number of amides is 1. The zero-order valence-corrected chi connectivity index (χ0v) is 15.6. The number of anilines is 1. The second kappa shape index (κ2) is 8.05. The van der Waals surface area contributed by atoms with Crippen LogP contribution >= 0.6 is 15.9 Å². The maximum atomic E-state index is 12.8. The number of carbonyl (C=O) groups is 1. The Balaban J connectivity index is 2.31. The Bertz CT molecular complexity index is 852. The van der Waals surface area contributed by atoms with Crippen LogP contribution in [-0.2, 0) is 4.79 Å². The Morgan fingerprint density at radius 2 is 1.54 bits per heavy atom. The standard InChI is InChI=1S/C17H16BrN3O5/c1-10(2)16(11-3-5-12(6-4-11)20(23)24)17(22)19-15-9-13(21(25)26)7-8-14(15)18/h3-10,16H,1-2H3,(H,19,22). The van der Waals surface area contributed by atoms with Crippen LogP contribution in [0.5, 0.6) is 0 Å². The van der Waals surface area contributed by atoms with Crippen molar-refractivity contribution >= 4 is 38.9 Å². The maximum absolute atomic E-state index is 12.8. The van der Waals surface area contributed by atoms with Crippen LogP contribution in [0.4, 0.5) is 17.1 Å². The number of rotatable bonds is 6. The van der Waals surface area contributed by atoms with Crippen molar-refractivity contribution in [3.63, 3.8) is 0 Å². The number of carbonyl (C=O) groups excluding carboxylic acids is 1. The molecule has 2 aromatic carbocycles. The van der Waals surface area contributed by atoms with E-state index in [9.17, 15) is 25.0 Å². The highest BCUT2D eigenvalue weighted by atomic mass is 79.9. The van der Waals surface area contributed by atoms with E-state index < -0.39 is 15.8 Å². The molecule has 1 amide bonds. The molecule has 26 heavy (non-hydrogen) atoms. The Labute approximate surface area is 157 Å². The number of hydrogen-bond acceptors (Lipinski definition) is 5. The summed E-state index contributed by atoms with van der Waals surface area (Å²) in [5.74, 6) is -1.01. The van der Waals surface area contributed by atoms with Gasteiger partial charge >= 0.3 is 0 Å². The molecule has 0 radical (unpaired) electrons. The molecule has 2 aromatic rings. The van der Waals surface area contributed by atoms with Gasteiger partial charge in [-0.15, -0.1) is 0 Å². The zero-order chi connectivity index (χ0) is 19.4. The minimum atomic E-state index is -0.568. The Hall–Kier alpha value is -2.81. The molecule has 136 valence electrons. The quantitative estimate of drug-likeness (QED) is 0.538. The molecule has 9 heteroatoms. The second-order valence-electron chi connectivity index (χ2n) is 5.98. The average molecular weight is 422 g/mol. The molecule has 2 rings (SSSR count). The number of nitro benzene ring substituents is 2. The average Bonchev–Trinajstić information content (AvgIpc) is 2.57. The first-order chi connectivity index (χ1) is 12.2. The highest BCUT2D eigenvalue weighted by molar-refractivity contribution is 9.10. The van der Waals surface area contributed by atoms with Gasteiger partial charge in [0.15, 0.2) is 0 Å². The van der Waals surface area contributed by atoms with Crippen LogP contribution in [0.1, 0.15) is 25.3 Å². The lowest BCUT2D eigenvalue weighted by Crippen LogP contribution is -2.25. The van der Waals surface area contributed by atoms with Crippen molar-refractivity contribution in [1.82, 2.24) is 0 Å². The van der Waals surface area contributed by atoms with Gasteiger partial charge < -0.3 is 5.32 Å². The van der Waals surface area contributed by atoms with Gasteiger partial charge in [0.1, 0.15) is 0 Å². The molecule has 1 N–H and O–H groups in total. The molecular weight excluding hydrogens is 406 g/mol. The van der Waals surface area contributed by atoms with Crippen molar-refractivity contribution < 1.29 is 14.6 Å². The third kappa shape index (κ3) is 4.42. The number of halogens is 1. The molecule has 0 saturated heterocycles. The van der Waals surface area contributed by atoms with Crippen molar-refractivity contribution in [2.75, 3.05) is 5.32 Å². The molecule has 0 aliphatic rings. The van der Waals surface area contributed by atoms with Crippen LogP contribution in [0.3, 0.4) is 0 Å². The van der Waals surface area contributed by atoms with Gasteiger partial charge in [0, 0.05) is 28.7 Å². The molecule has 8 nitrogen and oxygen atoms in total. The fraction of sp³-hybridized carbons (Fsp3) is 0.235. The summed E-state index contributed by atoms with van der Waals surface area (Å²) in [6.07, 6.45) is 0. The maximum Gasteiger partial charge on any atom is 0.271 e. The third-order valence-electron chi connectivity index (χ3n) is 3.83. The van der Waals surface area contributed by atoms with Crippen LogP contribution in [0, 0.1) is 26.1 Å². The van der Waals surface area contributed by atoms with E-state index >= 15 is 0 Å². The van der Waals surface area contributed by atoms with Crippen LogP contribution in [0.15, 0.2) is 46.9 Å². The second-order valence-corrected chi connectivity index (χ2v) is 6.84. The Morgan fingerprint density at radius 1 is 1.00 bits per heavy atom. The molecule has 1 unspecified atom stereocenters. The number of nitrogens with zero attached hydrogens (tertiary/aromatic N) is 2.